The summed E-state index contributed by atoms with van der Waals surface area (Å²) in [5.74, 6) is -4.88. The molecule has 11 heteroatoms. The summed E-state index contributed by atoms with van der Waals surface area (Å²) < 4.78 is 25.1. The number of rotatable bonds is 13. The number of amides is 1. The van der Waals surface area contributed by atoms with Gasteiger partial charge in [0.25, 0.3) is 0 Å². The molecule has 1 amide bonds. The van der Waals surface area contributed by atoms with Crippen LogP contribution in [0.2, 0.25) is 0 Å². The molecule has 3 unspecified atom stereocenters. The highest BCUT2D eigenvalue weighted by Gasteiger charge is 2.55. The molecule has 214 valence electrons. The van der Waals surface area contributed by atoms with Crippen molar-refractivity contribution in [3.63, 3.8) is 0 Å². The monoisotopic (exact) mass is 555 g/mol. The second-order valence-corrected chi connectivity index (χ2v) is 9.23. The van der Waals surface area contributed by atoms with Crippen LogP contribution in [0.25, 0.3) is 0 Å². The van der Waals surface area contributed by atoms with Gasteiger partial charge in [-0.2, -0.15) is 0 Å². The van der Waals surface area contributed by atoms with E-state index in [0.29, 0.717) is 24.5 Å². The third kappa shape index (κ3) is 8.55. The number of ether oxygens (including phenoxy) is 5. The molecule has 0 spiro atoms. The first kappa shape index (κ1) is 30.1. The van der Waals surface area contributed by atoms with Gasteiger partial charge in [-0.15, -0.1) is 0 Å². The van der Waals surface area contributed by atoms with Crippen molar-refractivity contribution in [2.24, 2.45) is 17.8 Å². The Bertz CT molecular complexity index is 1180. The smallest absolute Gasteiger partial charge is 0.313 e. The molecule has 1 saturated carbocycles. The summed E-state index contributed by atoms with van der Waals surface area (Å²) in [6.45, 7) is 3.70. The number of para-hydroxylation sites is 1. The second-order valence-electron chi connectivity index (χ2n) is 9.23. The van der Waals surface area contributed by atoms with Gasteiger partial charge in [0.05, 0.1) is 17.8 Å². The molecule has 3 rings (SSSR count). The Morgan fingerprint density at radius 3 is 1.90 bits per heavy atom. The number of hydrogen-bond acceptors (Lipinski definition) is 10. The standard InChI is InChI=1S/C29H33NO10/c1-4-14-30(16-21-10-12-23(13-11-21)40-22-8-6-5-7-9-22)27(33)24-15-25(28(34)38-17-36-19(2)31)26(24)29(35)39-18-37-20(3)32/h5-13,24-26H,4,14-18H2,1-3H3. The van der Waals surface area contributed by atoms with Crippen LogP contribution in [0.3, 0.4) is 0 Å². The quantitative estimate of drug-likeness (QED) is 0.266. The highest BCUT2D eigenvalue weighted by molar-refractivity contribution is 5.92. The number of benzene rings is 2. The molecule has 11 nitrogen and oxygen atoms in total. The van der Waals surface area contributed by atoms with E-state index in [0.717, 1.165) is 19.4 Å². The van der Waals surface area contributed by atoms with Gasteiger partial charge in [-0.1, -0.05) is 37.3 Å². The Hall–Kier alpha value is -4.41. The van der Waals surface area contributed by atoms with Crippen LogP contribution in [0.1, 0.15) is 39.2 Å². The molecule has 0 aliphatic heterocycles. The molecule has 1 fully saturated rings. The minimum atomic E-state index is -1.14. The maximum Gasteiger partial charge on any atom is 0.313 e. The van der Waals surface area contributed by atoms with E-state index in [9.17, 15) is 24.0 Å². The Labute approximate surface area is 232 Å². The minimum absolute atomic E-state index is 0.0507. The molecule has 3 atom stereocenters. The largest absolute Gasteiger partial charge is 0.457 e. The van der Waals surface area contributed by atoms with Crippen LogP contribution in [-0.4, -0.2) is 54.8 Å². The van der Waals surface area contributed by atoms with Crippen molar-refractivity contribution < 1.29 is 47.7 Å². The molecule has 0 aromatic heterocycles. The first-order valence-electron chi connectivity index (χ1n) is 12.9. The van der Waals surface area contributed by atoms with Crippen LogP contribution < -0.4 is 4.74 Å². The number of carbonyl (C=O) groups excluding carboxylic acids is 5. The lowest BCUT2D eigenvalue weighted by atomic mass is 9.64. The van der Waals surface area contributed by atoms with E-state index in [2.05, 4.69) is 9.47 Å². The van der Waals surface area contributed by atoms with E-state index >= 15 is 0 Å². The minimum Gasteiger partial charge on any atom is -0.457 e. The van der Waals surface area contributed by atoms with Gasteiger partial charge in [0.2, 0.25) is 19.5 Å². The molecule has 0 radical (unpaired) electrons. The number of nitrogens with zero attached hydrogens (tertiary/aromatic N) is 1. The summed E-state index contributed by atoms with van der Waals surface area (Å²) in [7, 11) is 0. The van der Waals surface area contributed by atoms with Gasteiger partial charge in [0.15, 0.2) is 0 Å². The van der Waals surface area contributed by atoms with E-state index < -0.39 is 55.2 Å². The Morgan fingerprint density at radius 1 is 0.750 bits per heavy atom. The Morgan fingerprint density at radius 2 is 1.32 bits per heavy atom. The van der Waals surface area contributed by atoms with Gasteiger partial charge in [0, 0.05) is 26.9 Å². The summed E-state index contributed by atoms with van der Waals surface area (Å²) >= 11 is 0. The molecule has 2 aromatic rings. The first-order chi connectivity index (χ1) is 19.2. The van der Waals surface area contributed by atoms with Crippen molar-refractivity contribution in [2.75, 3.05) is 20.1 Å². The van der Waals surface area contributed by atoms with Crippen LogP contribution in [0.5, 0.6) is 11.5 Å². The fraction of sp³-hybridized carbons (Fsp3) is 0.414. The predicted octanol–water partition coefficient (Wildman–Crippen LogP) is 3.60. The summed E-state index contributed by atoms with van der Waals surface area (Å²) in [5.41, 5.74) is 0.855. The van der Waals surface area contributed by atoms with Crippen LogP contribution in [0, 0.1) is 17.8 Å². The third-order valence-electron chi connectivity index (χ3n) is 6.27. The van der Waals surface area contributed by atoms with E-state index in [1.807, 2.05) is 61.5 Å². The topological polar surface area (TPSA) is 135 Å². The number of esters is 4. The lowest BCUT2D eigenvalue weighted by Crippen LogP contribution is -2.54. The average Bonchev–Trinajstić information content (AvgIpc) is 2.89. The SMILES string of the molecule is CCCN(Cc1ccc(Oc2ccccc2)cc1)C(=O)C1CC(C(=O)OCOC(C)=O)C1C(=O)OCOC(C)=O. The van der Waals surface area contributed by atoms with Gasteiger partial charge in [-0.05, 0) is 42.7 Å². The van der Waals surface area contributed by atoms with Crippen molar-refractivity contribution in [3.05, 3.63) is 60.2 Å². The van der Waals surface area contributed by atoms with Crippen molar-refractivity contribution in [1.29, 1.82) is 0 Å². The van der Waals surface area contributed by atoms with Crippen molar-refractivity contribution in [2.45, 2.75) is 40.2 Å². The fourth-order valence-corrected chi connectivity index (χ4v) is 4.30. The maximum absolute atomic E-state index is 13.6. The molecular weight excluding hydrogens is 522 g/mol. The zero-order chi connectivity index (χ0) is 29.1. The normalized spacial score (nSPS) is 17.5. The summed E-state index contributed by atoms with van der Waals surface area (Å²) in [4.78, 5) is 62.7. The second kappa shape index (κ2) is 14.7. The van der Waals surface area contributed by atoms with Crippen molar-refractivity contribution >= 4 is 29.8 Å². The summed E-state index contributed by atoms with van der Waals surface area (Å²) in [6.07, 6.45) is 0.720. The van der Waals surface area contributed by atoms with Gasteiger partial charge in [-0.3, -0.25) is 24.0 Å². The van der Waals surface area contributed by atoms with Gasteiger partial charge in [0.1, 0.15) is 11.5 Å². The third-order valence-corrected chi connectivity index (χ3v) is 6.27. The average molecular weight is 556 g/mol. The molecule has 2 aromatic carbocycles. The van der Waals surface area contributed by atoms with Crippen LogP contribution in [0.4, 0.5) is 0 Å². The highest BCUT2D eigenvalue weighted by Crippen LogP contribution is 2.43. The molecule has 1 aliphatic carbocycles. The first-order valence-corrected chi connectivity index (χ1v) is 12.9. The fourth-order valence-electron chi connectivity index (χ4n) is 4.30. The van der Waals surface area contributed by atoms with E-state index in [4.69, 9.17) is 14.2 Å². The van der Waals surface area contributed by atoms with Crippen LogP contribution >= 0.6 is 0 Å². The molecule has 0 saturated heterocycles. The molecule has 0 N–H and O–H groups in total. The lowest BCUT2D eigenvalue weighted by Gasteiger charge is -2.42. The molecular formula is C29H33NO10. The van der Waals surface area contributed by atoms with Gasteiger partial charge < -0.3 is 28.6 Å². The zero-order valence-corrected chi connectivity index (χ0v) is 22.7. The zero-order valence-electron chi connectivity index (χ0n) is 22.7. The summed E-state index contributed by atoms with van der Waals surface area (Å²) in [6, 6.07) is 16.7. The van der Waals surface area contributed by atoms with Crippen molar-refractivity contribution in [3.8, 4) is 11.5 Å². The Balaban J connectivity index is 1.69. The van der Waals surface area contributed by atoms with Crippen molar-refractivity contribution in [1.82, 2.24) is 4.90 Å². The molecule has 0 bridgehead atoms. The lowest BCUT2D eigenvalue weighted by molar-refractivity contribution is -0.191. The van der Waals surface area contributed by atoms with Gasteiger partial charge >= 0.3 is 23.9 Å². The number of hydrogen-bond donors (Lipinski definition) is 0. The van der Waals surface area contributed by atoms with Crippen LogP contribution in [-0.2, 0) is 49.5 Å². The van der Waals surface area contributed by atoms with E-state index in [1.54, 1.807) is 4.90 Å². The van der Waals surface area contributed by atoms with Gasteiger partial charge in [-0.25, -0.2) is 0 Å². The molecule has 40 heavy (non-hydrogen) atoms. The summed E-state index contributed by atoms with van der Waals surface area (Å²) in [5, 5.41) is 0. The predicted molar refractivity (Wildman–Crippen MR) is 139 cm³/mol. The molecule has 0 heterocycles. The molecule has 1 aliphatic rings. The Kier molecular flexibility index (Phi) is 11.0. The number of carbonyl (C=O) groups is 5. The van der Waals surface area contributed by atoms with E-state index in [1.165, 1.54) is 0 Å². The van der Waals surface area contributed by atoms with E-state index in [-0.39, 0.29) is 18.9 Å². The van der Waals surface area contributed by atoms with Crippen LogP contribution in [0.15, 0.2) is 54.6 Å². The maximum atomic E-state index is 13.6. The highest BCUT2D eigenvalue weighted by atomic mass is 16.7.